The van der Waals surface area contributed by atoms with E-state index in [4.69, 9.17) is 14.2 Å². The van der Waals surface area contributed by atoms with E-state index in [1.807, 2.05) is 0 Å². The first-order valence-corrected chi connectivity index (χ1v) is 4.56. The third-order valence-corrected chi connectivity index (χ3v) is 1.69. The molecule has 0 aliphatic heterocycles. The molecule has 5 heteroatoms. The highest BCUT2D eigenvalue weighted by Crippen LogP contribution is 2.28. The number of ether oxygens (including phenoxy) is 3. The molecule has 16 heavy (non-hydrogen) atoms. The Bertz CT molecular complexity index is 386. The van der Waals surface area contributed by atoms with Crippen LogP contribution in [-0.4, -0.2) is 26.2 Å². The van der Waals surface area contributed by atoms with Crippen LogP contribution < -0.4 is 9.47 Å². The molecule has 0 saturated heterocycles. The summed E-state index contributed by atoms with van der Waals surface area (Å²) in [6.45, 7) is 1.31. The molecule has 0 amide bonds. The van der Waals surface area contributed by atoms with E-state index in [-0.39, 0.29) is 12.5 Å². The van der Waals surface area contributed by atoms with Crippen molar-refractivity contribution in [1.82, 2.24) is 0 Å². The van der Waals surface area contributed by atoms with Crippen LogP contribution in [0.4, 0.5) is 0 Å². The van der Waals surface area contributed by atoms with Crippen LogP contribution in [0, 0.1) is 0 Å². The van der Waals surface area contributed by atoms with Crippen LogP contribution in [-0.2, 0) is 9.53 Å². The Morgan fingerprint density at radius 1 is 1.38 bits per heavy atom. The van der Waals surface area contributed by atoms with E-state index >= 15 is 0 Å². The lowest BCUT2D eigenvalue weighted by Gasteiger charge is -2.10. The van der Waals surface area contributed by atoms with Gasteiger partial charge in [0.25, 0.3) is 0 Å². The maximum Gasteiger partial charge on any atom is 0.308 e. The smallest absolute Gasteiger partial charge is 0.308 e. The third-order valence-electron chi connectivity index (χ3n) is 1.69. The number of esters is 1. The Kier molecular flexibility index (Phi) is 4.47. The standard InChI is InChI=1S/C11H12O5/c1-8(13)16-11-5-9(6-12)3-4-10(11)15-7-14-2/h3-6H,7H2,1-2H3. The Balaban J connectivity index is 2.95. The van der Waals surface area contributed by atoms with Crippen molar-refractivity contribution in [2.75, 3.05) is 13.9 Å². The van der Waals surface area contributed by atoms with Gasteiger partial charge in [-0.25, -0.2) is 0 Å². The van der Waals surface area contributed by atoms with Crippen molar-refractivity contribution < 1.29 is 23.8 Å². The monoisotopic (exact) mass is 224 g/mol. The third kappa shape index (κ3) is 3.36. The molecule has 0 saturated carbocycles. The number of rotatable bonds is 5. The maximum atomic E-state index is 10.8. The van der Waals surface area contributed by atoms with Gasteiger partial charge in [0.05, 0.1) is 0 Å². The molecule has 1 aromatic rings. The zero-order chi connectivity index (χ0) is 12.0. The fourth-order valence-corrected chi connectivity index (χ4v) is 1.07. The van der Waals surface area contributed by atoms with Crippen molar-refractivity contribution in [3.63, 3.8) is 0 Å². The second-order valence-electron chi connectivity index (χ2n) is 2.97. The van der Waals surface area contributed by atoms with E-state index in [0.29, 0.717) is 17.6 Å². The Morgan fingerprint density at radius 3 is 2.69 bits per heavy atom. The molecule has 0 fully saturated rings. The van der Waals surface area contributed by atoms with Crippen LogP contribution in [0.25, 0.3) is 0 Å². The molecule has 0 spiro atoms. The molecule has 1 aromatic carbocycles. The molecule has 5 nitrogen and oxygen atoms in total. The van der Waals surface area contributed by atoms with Gasteiger partial charge in [0, 0.05) is 19.6 Å². The van der Waals surface area contributed by atoms with Crippen LogP contribution in [0.15, 0.2) is 18.2 Å². The van der Waals surface area contributed by atoms with Gasteiger partial charge >= 0.3 is 5.97 Å². The summed E-state index contributed by atoms with van der Waals surface area (Å²) in [5, 5.41) is 0. The van der Waals surface area contributed by atoms with Gasteiger partial charge in [-0.05, 0) is 18.2 Å². The van der Waals surface area contributed by atoms with E-state index in [0.717, 1.165) is 0 Å². The number of methoxy groups -OCH3 is 1. The van der Waals surface area contributed by atoms with Crippen molar-refractivity contribution >= 4 is 12.3 Å². The first-order chi connectivity index (χ1) is 7.67. The van der Waals surface area contributed by atoms with Crippen molar-refractivity contribution in [2.45, 2.75) is 6.92 Å². The van der Waals surface area contributed by atoms with Gasteiger partial charge in [0.1, 0.15) is 6.29 Å². The van der Waals surface area contributed by atoms with Crippen LogP contribution in [0.3, 0.4) is 0 Å². The van der Waals surface area contributed by atoms with Gasteiger partial charge in [0.2, 0.25) is 0 Å². The van der Waals surface area contributed by atoms with Gasteiger partial charge in [-0.3, -0.25) is 9.59 Å². The number of aldehydes is 1. The molecule has 0 unspecified atom stereocenters. The predicted octanol–water partition coefficient (Wildman–Crippen LogP) is 1.41. The fraction of sp³-hybridized carbons (Fsp3) is 0.273. The Hall–Kier alpha value is -1.88. The highest BCUT2D eigenvalue weighted by Gasteiger charge is 2.08. The molecule has 0 N–H and O–H groups in total. The maximum absolute atomic E-state index is 10.8. The number of carbonyl (C=O) groups is 2. The zero-order valence-electron chi connectivity index (χ0n) is 9.06. The molecule has 0 radical (unpaired) electrons. The van der Waals surface area contributed by atoms with Crippen LogP contribution in [0.5, 0.6) is 11.5 Å². The number of hydrogen-bond acceptors (Lipinski definition) is 5. The Morgan fingerprint density at radius 2 is 2.12 bits per heavy atom. The summed E-state index contributed by atoms with van der Waals surface area (Å²) in [6.07, 6.45) is 0.660. The fourth-order valence-electron chi connectivity index (χ4n) is 1.07. The molecule has 0 bridgehead atoms. The largest absolute Gasteiger partial charge is 0.464 e. The lowest BCUT2D eigenvalue weighted by atomic mass is 10.2. The van der Waals surface area contributed by atoms with Gasteiger partial charge in [0.15, 0.2) is 18.3 Å². The molecule has 86 valence electrons. The average molecular weight is 224 g/mol. The molecule has 0 aromatic heterocycles. The van der Waals surface area contributed by atoms with E-state index in [9.17, 15) is 9.59 Å². The predicted molar refractivity (Wildman–Crippen MR) is 55.6 cm³/mol. The summed E-state index contributed by atoms with van der Waals surface area (Å²) in [5.74, 6) is 0.0714. The molecular weight excluding hydrogens is 212 g/mol. The zero-order valence-corrected chi connectivity index (χ0v) is 9.06. The number of benzene rings is 1. The van der Waals surface area contributed by atoms with Crippen molar-refractivity contribution in [1.29, 1.82) is 0 Å². The number of hydrogen-bond donors (Lipinski definition) is 0. The summed E-state index contributed by atoms with van der Waals surface area (Å²) >= 11 is 0. The average Bonchev–Trinajstić information content (AvgIpc) is 2.26. The second kappa shape index (κ2) is 5.87. The molecule has 0 heterocycles. The van der Waals surface area contributed by atoms with Crippen LogP contribution in [0.2, 0.25) is 0 Å². The van der Waals surface area contributed by atoms with Gasteiger partial charge in [-0.1, -0.05) is 0 Å². The molecular formula is C11H12O5. The quantitative estimate of drug-likeness (QED) is 0.327. The topological polar surface area (TPSA) is 61.8 Å². The van der Waals surface area contributed by atoms with Gasteiger partial charge in [-0.15, -0.1) is 0 Å². The van der Waals surface area contributed by atoms with Gasteiger partial charge in [-0.2, -0.15) is 0 Å². The minimum Gasteiger partial charge on any atom is -0.464 e. The number of carbonyl (C=O) groups excluding carboxylic acids is 2. The van der Waals surface area contributed by atoms with Crippen molar-refractivity contribution in [3.05, 3.63) is 23.8 Å². The van der Waals surface area contributed by atoms with E-state index in [1.54, 1.807) is 12.1 Å². The SMILES string of the molecule is COCOc1ccc(C=O)cc1OC(C)=O. The van der Waals surface area contributed by atoms with Crippen molar-refractivity contribution in [3.8, 4) is 11.5 Å². The minimum absolute atomic E-state index is 0.0364. The summed E-state index contributed by atoms with van der Waals surface area (Å²) in [6, 6.07) is 4.53. The first kappa shape index (κ1) is 12.2. The Labute approximate surface area is 92.9 Å². The normalized spacial score (nSPS) is 9.62. The lowest BCUT2D eigenvalue weighted by molar-refractivity contribution is -0.132. The van der Waals surface area contributed by atoms with E-state index in [2.05, 4.69) is 0 Å². The van der Waals surface area contributed by atoms with Gasteiger partial charge < -0.3 is 14.2 Å². The van der Waals surface area contributed by atoms with E-state index < -0.39 is 5.97 Å². The molecule has 0 aliphatic rings. The summed E-state index contributed by atoms with van der Waals surface area (Å²) < 4.78 is 14.8. The summed E-state index contributed by atoms with van der Waals surface area (Å²) in [5.41, 5.74) is 0.404. The van der Waals surface area contributed by atoms with Crippen LogP contribution >= 0.6 is 0 Å². The molecule has 1 rings (SSSR count). The lowest BCUT2D eigenvalue weighted by Crippen LogP contribution is -2.06. The first-order valence-electron chi connectivity index (χ1n) is 4.56. The minimum atomic E-state index is -0.481. The van der Waals surface area contributed by atoms with Crippen LogP contribution in [0.1, 0.15) is 17.3 Å². The van der Waals surface area contributed by atoms with Crippen molar-refractivity contribution in [2.24, 2.45) is 0 Å². The highest BCUT2D eigenvalue weighted by molar-refractivity contribution is 5.78. The highest BCUT2D eigenvalue weighted by atomic mass is 16.7. The molecule has 0 atom stereocenters. The summed E-state index contributed by atoms with van der Waals surface area (Å²) in [4.78, 5) is 21.4. The second-order valence-corrected chi connectivity index (χ2v) is 2.97. The summed E-state index contributed by atoms with van der Waals surface area (Å²) in [7, 11) is 1.48. The molecule has 0 aliphatic carbocycles. The van der Waals surface area contributed by atoms with E-state index in [1.165, 1.54) is 20.1 Å².